The van der Waals surface area contributed by atoms with Gasteiger partial charge in [-0.05, 0) is 73.6 Å². The third kappa shape index (κ3) is 3.37. The lowest BCUT2D eigenvalue weighted by Crippen LogP contribution is -2.41. The van der Waals surface area contributed by atoms with E-state index in [2.05, 4.69) is 107 Å². The first-order valence-corrected chi connectivity index (χ1v) is 11.8. The van der Waals surface area contributed by atoms with E-state index in [0.29, 0.717) is 0 Å². The number of rotatable bonds is 3. The van der Waals surface area contributed by atoms with E-state index in [0.717, 1.165) is 38.5 Å². The van der Waals surface area contributed by atoms with Gasteiger partial charge < -0.3 is 13.7 Å². The van der Waals surface area contributed by atoms with E-state index in [-0.39, 0.29) is 18.3 Å². The van der Waals surface area contributed by atoms with Crippen LogP contribution >= 0.6 is 0 Å². The van der Waals surface area contributed by atoms with Crippen molar-refractivity contribution < 1.29 is 13.7 Å². The summed E-state index contributed by atoms with van der Waals surface area (Å²) in [6.45, 7) is 8.31. The minimum Gasteiger partial charge on any atom is -0.456 e. The maximum Gasteiger partial charge on any atom is 0.494 e. The second-order valence-corrected chi connectivity index (χ2v) is 10.1. The summed E-state index contributed by atoms with van der Waals surface area (Å²) >= 11 is 0. The van der Waals surface area contributed by atoms with E-state index in [1.54, 1.807) is 0 Å². The minimum absolute atomic E-state index is 0.346. The Hall–Kier alpha value is -3.34. The first kappa shape index (κ1) is 21.2. The summed E-state index contributed by atoms with van der Waals surface area (Å²) in [5.74, 6) is 0. The van der Waals surface area contributed by atoms with Crippen LogP contribution in [-0.4, -0.2) is 18.3 Å². The summed E-state index contributed by atoms with van der Waals surface area (Å²) in [4.78, 5) is 0. The quantitative estimate of drug-likeness (QED) is 0.274. The molecular weight excluding hydrogens is 419 g/mol. The molecule has 0 spiro atoms. The Morgan fingerprint density at radius 1 is 0.588 bits per heavy atom. The van der Waals surface area contributed by atoms with E-state index in [1.807, 2.05) is 12.1 Å². The third-order valence-corrected chi connectivity index (χ3v) is 7.35. The zero-order valence-electron chi connectivity index (χ0n) is 20.0. The fourth-order valence-corrected chi connectivity index (χ4v) is 4.68. The molecule has 0 unspecified atom stereocenters. The molecule has 34 heavy (non-hydrogen) atoms. The largest absolute Gasteiger partial charge is 0.494 e. The SMILES string of the molecule is CC1(C)OB(c2ccc(-c3ccc4c(c3)oc3cccc(-c5ccccc5)c34)cc2)OC1(C)C. The van der Waals surface area contributed by atoms with Crippen molar-refractivity contribution in [3.8, 4) is 22.3 Å². The maximum atomic E-state index is 6.29. The number of furan rings is 1. The van der Waals surface area contributed by atoms with Gasteiger partial charge in [-0.15, -0.1) is 0 Å². The van der Waals surface area contributed by atoms with Crippen molar-refractivity contribution in [2.45, 2.75) is 38.9 Å². The molecule has 0 radical (unpaired) electrons. The van der Waals surface area contributed by atoms with Gasteiger partial charge in [0.1, 0.15) is 11.2 Å². The van der Waals surface area contributed by atoms with Crippen LogP contribution in [0.3, 0.4) is 0 Å². The fourth-order valence-electron chi connectivity index (χ4n) is 4.68. The predicted molar refractivity (Wildman–Crippen MR) is 140 cm³/mol. The highest BCUT2D eigenvalue weighted by atomic mass is 16.7. The van der Waals surface area contributed by atoms with Crippen molar-refractivity contribution in [1.82, 2.24) is 0 Å². The van der Waals surface area contributed by atoms with E-state index in [4.69, 9.17) is 13.7 Å². The Labute approximate surface area is 200 Å². The number of hydrogen-bond donors (Lipinski definition) is 0. The Morgan fingerprint density at radius 3 is 1.97 bits per heavy atom. The van der Waals surface area contributed by atoms with Crippen LogP contribution in [0.15, 0.2) is 95.4 Å². The van der Waals surface area contributed by atoms with Gasteiger partial charge in [-0.25, -0.2) is 0 Å². The van der Waals surface area contributed by atoms with Gasteiger partial charge in [-0.2, -0.15) is 0 Å². The molecular formula is C30H27BO3. The van der Waals surface area contributed by atoms with Gasteiger partial charge in [0.05, 0.1) is 11.2 Å². The van der Waals surface area contributed by atoms with Crippen LogP contribution < -0.4 is 5.46 Å². The van der Waals surface area contributed by atoms with Gasteiger partial charge in [-0.1, -0.05) is 72.8 Å². The van der Waals surface area contributed by atoms with Crippen molar-refractivity contribution in [3.63, 3.8) is 0 Å². The van der Waals surface area contributed by atoms with Crippen molar-refractivity contribution in [3.05, 3.63) is 91.0 Å². The zero-order valence-corrected chi connectivity index (χ0v) is 20.0. The number of fused-ring (bicyclic) bond motifs is 3. The van der Waals surface area contributed by atoms with Gasteiger partial charge in [0, 0.05) is 10.8 Å². The summed E-state index contributed by atoms with van der Waals surface area (Å²) in [5, 5.41) is 2.29. The molecule has 1 aliphatic rings. The normalized spacial score (nSPS) is 17.0. The predicted octanol–water partition coefficient (Wildman–Crippen LogP) is 7.22. The maximum absolute atomic E-state index is 6.29. The van der Waals surface area contributed by atoms with Gasteiger partial charge in [0.15, 0.2) is 0 Å². The van der Waals surface area contributed by atoms with Crippen molar-refractivity contribution in [2.75, 3.05) is 0 Å². The second kappa shape index (κ2) is 7.59. The lowest BCUT2D eigenvalue weighted by Gasteiger charge is -2.32. The standard InChI is InChI=1S/C30H27BO3/c1-29(2)30(3,4)34-31(33-29)23-16-13-20(14-17-23)22-15-18-25-27(19-22)32-26-12-8-11-24(28(25)26)21-9-6-5-7-10-21/h5-19H,1-4H3. The first-order chi connectivity index (χ1) is 16.3. The summed E-state index contributed by atoms with van der Waals surface area (Å²) in [6, 6.07) is 31.6. The van der Waals surface area contributed by atoms with E-state index in [1.165, 1.54) is 11.1 Å². The van der Waals surface area contributed by atoms with Crippen LogP contribution in [0, 0.1) is 0 Å². The molecule has 0 saturated carbocycles. The summed E-state index contributed by atoms with van der Waals surface area (Å²) < 4.78 is 18.7. The molecule has 168 valence electrons. The van der Waals surface area contributed by atoms with Gasteiger partial charge in [0.2, 0.25) is 0 Å². The summed E-state index contributed by atoms with van der Waals surface area (Å²) in [7, 11) is -0.353. The summed E-state index contributed by atoms with van der Waals surface area (Å²) in [6.07, 6.45) is 0. The van der Waals surface area contributed by atoms with Crippen LogP contribution in [0.1, 0.15) is 27.7 Å². The van der Waals surface area contributed by atoms with Crippen molar-refractivity contribution in [1.29, 1.82) is 0 Å². The van der Waals surface area contributed by atoms with E-state index in [9.17, 15) is 0 Å². The molecule has 1 saturated heterocycles. The van der Waals surface area contributed by atoms with E-state index >= 15 is 0 Å². The smallest absolute Gasteiger partial charge is 0.456 e. The van der Waals surface area contributed by atoms with Crippen LogP contribution in [0.5, 0.6) is 0 Å². The number of hydrogen-bond acceptors (Lipinski definition) is 3. The molecule has 0 bridgehead atoms. The van der Waals surface area contributed by atoms with Gasteiger partial charge in [0.25, 0.3) is 0 Å². The van der Waals surface area contributed by atoms with Crippen molar-refractivity contribution in [2.24, 2.45) is 0 Å². The zero-order chi connectivity index (χ0) is 23.5. The average molecular weight is 446 g/mol. The first-order valence-electron chi connectivity index (χ1n) is 11.8. The van der Waals surface area contributed by atoms with Crippen LogP contribution in [0.25, 0.3) is 44.2 Å². The molecule has 0 atom stereocenters. The summed E-state index contributed by atoms with van der Waals surface area (Å²) in [5.41, 5.74) is 6.77. The molecule has 0 amide bonds. The molecule has 1 aromatic heterocycles. The molecule has 6 rings (SSSR count). The third-order valence-electron chi connectivity index (χ3n) is 7.35. The average Bonchev–Trinajstić information content (AvgIpc) is 3.32. The second-order valence-electron chi connectivity index (χ2n) is 10.1. The Kier molecular flexibility index (Phi) is 4.74. The molecule has 3 nitrogen and oxygen atoms in total. The monoisotopic (exact) mass is 446 g/mol. The van der Waals surface area contributed by atoms with Crippen LogP contribution in [0.2, 0.25) is 0 Å². The topological polar surface area (TPSA) is 31.6 Å². The molecule has 4 aromatic carbocycles. The lowest BCUT2D eigenvalue weighted by molar-refractivity contribution is 0.00578. The molecule has 1 fully saturated rings. The lowest BCUT2D eigenvalue weighted by atomic mass is 9.78. The Balaban J connectivity index is 1.36. The van der Waals surface area contributed by atoms with E-state index < -0.39 is 0 Å². The van der Waals surface area contributed by atoms with Crippen LogP contribution in [0.4, 0.5) is 0 Å². The highest BCUT2D eigenvalue weighted by Crippen LogP contribution is 2.39. The van der Waals surface area contributed by atoms with Crippen LogP contribution in [-0.2, 0) is 9.31 Å². The minimum atomic E-state index is -0.353. The van der Waals surface area contributed by atoms with Crippen molar-refractivity contribution >= 4 is 34.5 Å². The number of benzene rings is 4. The molecule has 1 aliphatic heterocycles. The Bertz CT molecular complexity index is 1480. The molecule has 0 aliphatic carbocycles. The van der Waals surface area contributed by atoms with Gasteiger partial charge >= 0.3 is 7.12 Å². The molecule has 5 aromatic rings. The highest BCUT2D eigenvalue weighted by molar-refractivity contribution is 6.62. The molecule has 0 N–H and O–H groups in total. The Morgan fingerprint density at radius 2 is 1.26 bits per heavy atom. The molecule has 2 heterocycles. The highest BCUT2D eigenvalue weighted by Gasteiger charge is 2.51. The molecule has 4 heteroatoms. The fraction of sp³-hybridized carbons (Fsp3) is 0.200. The van der Waals surface area contributed by atoms with Gasteiger partial charge in [-0.3, -0.25) is 0 Å².